The van der Waals surface area contributed by atoms with E-state index in [9.17, 15) is 9.59 Å². The van der Waals surface area contributed by atoms with Crippen LogP contribution in [-0.4, -0.2) is 30.5 Å². The molecule has 6 heteroatoms. The Morgan fingerprint density at radius 1 is 1.38 bits per heavy atom. The highest BCUT2D eigenvalue weighted by Gasteiger charge is 2.14. The number of carbonyl (C=O) groups excluding carboxylic acids is 2. The van der Waals surface area contributed by atoms with Crippen molar-refractivity contribution in [2.24, 2.45) is 0 Å². The first-order valence-corrected chi connectivity index (χ1v) is 6.53. The number of carbonyl (C=O) groups is 2. The lowest BCUT2D eigenvalue weighted by molar-refractivity contribution is -0.140. The molecule has 0 aliphatic heterocycles. The van der Waals surface area contributed by atoms with Crippen molar-refractivity contribution in [3.8, 4) is 0 Å². The molecule has 0 spiro atoms. The Morgan fingerprint density at radius 3 is 2.86 bits per heavy atom. The summed E-state index contributed by atoms with van der Waals surface area (Å²) in [7, 11) is 1.31. The lowest BCUT2D eigenvalue weighted by Crippen LogP contribution is -2.27. The number of ether oxygens (including phenoxy) is 1. The van der Waals surface area contributed by atoms with Crippen LogP contribution in [0.15, 0.2) is 24.4 Å². The molecule has 21 heavy (non-hydrogen) atoms. The molecule has 0 saturated carbocycles. The van der Waals surface area contributed by atoms with E-state index >= 15 is 0 Å². The van der Waals surface area contributed by atoms with E-state index in [0.717, 1.165) is 10.9 Å². The van der Waals surface area contributed by atoms with E-state index in [4.69, 9.17) is 5.73 Å². The zero-order valence-corrected chi connectivity index (χ0v) is 12.0. The molecule has 0 atom stereocenters. The Hall–Kier alpha value is -2.63. The van der Waals surface area contributed by atoms with E-state index in [2.05, 4.69) is 15.0 Å². The lowest BCUT2D eigenvalue weighted by Gasteiger charge is -2.10. The SMILES string of the molecule is COC(=O)CCNC(=O)c1ncc(C)c2c(N)cccc12. The summed E-state index contributed by atoms with van der Waals surface area (Å²) in [6.07, 6.45) is 1.74. The van der Waals surface area contributed by atoms with Crippen molar-refractivity contribution >= 4 is 28.3 Å². The van der Waals surface area contributed by atoms with Crippen LogP contribution in [0.3, 0.4) is 0 Å². The molecule has 2 rings (SSSR count). The van der Waals surface area contributed by atoms with Gasteiger partial charge in [0.05, 0.1) is 13.5 Å². The van der Waals surface area contributed by atoms with E-state index in [1.807, 2.05) is 6.92 Å². The number of rotatable bonds is 4. The van der Waals surface area contributed by atoms with Gasteiger partial charge in [-0.2, -0.15) is 0 Å². The Balaban J connectivity index is 2.26. The largest absolute Gasteiger partial charge is 0.469 e. The molecule has 0 radical (unpaired) electrons. The fourth-order valence-corrected chi connectivity index (χ4v) is 2.15. The minimum absolute atomic E-state index is 0.119. The zero-order chi connectivity index (χ0) is 15.4. The summed E-state index contributed by atoms with van der Waals surface area (Å²) in [5.74, 6) is -0.712. The van der Waals surface area contributed by atoms with Gasteiger partial charge < -0.3 is 15.8 Å². The third kappa shape index (κ3) is 3.10. The van der Waals surface area contributed by atoms with E-state index in [0.29, 0.717) is 16.8 Å². The van der Waals surface area contributed by atoms with Gasteiger partial charge in [0.2, 0.25) is 0 Å². The fourth-order valence-electron chi connectivity index (χ4n) is 2.15. The van der Waals surface area contributed by atoms with Crippen molar-refractivity contribution < 1.29 is 14.3 Å². The molecule has 0 fully saturated rings. The van der Waals surface area contributed by atoms with Crippen molar-refractivity contribution in [1.82, 2.24) is 10.3 Å². The summed E-state index contributed by atoms with van der Waals surface area (Å²) in [5.41, 5.74) is 7.78. The molecular formula is C15H17N3O3. The second kappa shape index (κ2) is 6.21. The maximum atomic E-state index is 12.2. The minimum Gasteiger partial charge on any atom is -0.469 e. The van der Waals surface area contributed by atoms with Crippen LogP contribution < -0.4 is 11.1 Å². The molecule has 0 saturated heterocycles. The van der Waals surface area contributed by atoms with Gasteiger partial charge in [0.25, 0.3) is 5.91 Å². The van der Waals surface area contributed by atoms with Gasteiger partial charge in [0, 0.05) is 29.2 Å². The second-order valence-electron chi connectivity index (χ2n) is 4.64. The Morgan fingerprint density at radius 2 is 2.14 bits per heavy atom. The molecule has 3 N–H and O–H groups in total. The molecule has 6 nitrogen and oxygen atoms in total. The predicted octanol–water partition coefficient (Wildman–Crippen LogP) is 1.42. The smallest absolute Gasteiger partial charge is 0.307 e. The summed E-state index contributed by atoms with van der Waals surface area (Å²) in [6, 6.07) is 5.37. The van der Waals surface area contributed by atoms with Crippen molar-refractivity contribution in [2.45, 2.75) is 13.3 Å². The molecule has 1 heterocycles. The summed E-state index contributed by atoms with van der Waals surface area (Å²) in [6.45, 7) is 2.09. The first-order valence-electron chi connectivity index (χ1n) is 6.53. The van der Waals surface area contributed by atoms with Crippen molar-refractivity contribution in [3.05, 3.63) is 35.7 Å². The maximum absolute atomic E-state index is 12.2. The molecule has 0 bridgehead atoms. The topological polar surface area (TPSA) is 94.3 Å². The van der Waals surface area contributed by atoms with Crippen LogP contribution in [0.1, 0.15) is 22.5 Å². The quantitative estimate of drug-likeness (QED) is 0.655. The van der Waals surface area contributed by atoms with Crippen LogP contribution in [0.5, 0.6) is 0 Å². The average Bonchev–Trinajstić information content (AvgIpc) is 2.47. The van der Waals surface area contributed by atoms with Crippen LogP contribution in [0, 0.1) is 6.92 Å². The number of nitrogens with two attached hydrogens (primary N) is 1. The van der Waals surface area contributed by atoms with Gasteiger partial charge in [-0.15, -0.1) is 0 Å². The number of amides is 1. The van der Waals surface area contributed by atoms with Crippen LogP contribution in [-0.2, 0) is 9.53 Å². The number of esters is 1. The van der Waals surface area contributed by atoms with Crippen LogP contribution in [0.25, 0.3) is 10.8 Å². The monoisotopic (exact) mass is 287 g/mol. The van der Waals surface area contributed by atoms with Gasteiger partial charge in [-0.25, -0.2) is 0 Å². The normalized spacial score (nSPS) is 10.4. The predicted molar refractivity (Wildman–Crippen MR) is 79.9 cm³/mol. The number of pyridine rings is 1. The Kier molecular flexibility index (Phi) is 4.37. The van der Waals surface area contributed by atoms with Gasteiger partial charge in [0.1, 0.15) is 5.69 Å². The minimum atomic E-state index is -0.374. The molecule has 0 aliphatic carbocycles. The van der Waals surface area contributed by atoms with Crippen LogP contribution >= 0.6 is 0 Å². The first kappa shape index (κ1) is 14.8. The molecule has 1 amide bonds. The number of hydrogen-bond donors (Lipinski definition) is 2. The zero-order valence-electron chi connectivity index (χ0n) is 12.0. The molecule has 110 valence electrons. The van der Waals surface area contributed by atoms with Crippen LogP contribution in [0.2, 0.25) is 0 Å². The van der Waals surface area contributed by atoms with E-state index in [1.165, 1.54) is 7.11 Å². The molecule has 1 aromatic heterocycles. The standard InChI is InChI=1S/C15H17N3O3/c1-9-8-18-14(10-4-3-5-11(16)13(9)10)15(20)17-7-6-12(19)21-2/h3-5,8H,6-7,16H2,1-2H3,(H,17,20). The number of nitrogen functional groups attached to an aromatic ring is 1. The van der Waals surface area contributed by atoms with Gasteiger partial charge in [-0.1, -0.05) is 12.1 Å². The highest BCUT2D eigenvalue weighted by Crippen LogP contribution is 2.26. The van der Waals surface area contributed by atoms with E-state index in [1.54, 1.807) is 24.4 Å². The van der Waals surface area contributed by atoms with Crippen molar-refractivity contribution in [2.75, 3.05) is 19.4 Å². The van der Waals surface area contributed by atoms with E-state index in [-0.39, 0.29) is 24.8 Å². The molecule has 1 aromatic carbocycles. The highest BCUT2D eigenvalue weighted by molar-refractivity contribution is 6.09. The number of fused-ring (bicyclic) bond motifs is 1. The number of hydrogen-bond acceptors (Lipinski definition) is 5. The number of benzene rings is 1. The van der Waals surface area contributed by atoms with Crippen LogP contribution in [0.4, 0.5) is 5.69 Å². The second-order valence-corrected chi connectivity index (χ2v) is 4.64. The molecule has 0 aliphatic rings. The summed E-state index contributed by atoms with van der Waals surface area (Å²) >= 11 is 0. The van der Waals surface area contributed by atoms with Gasteiger partial charge in [-0.05, 0) is 18.6 Å². The maximum Gasteiger partial charge on any atom is 0.307 e. The first-order chi connectivity index (χ1) is 10.0. The molecular weight excluding hydrogens is 270 g/mol. The number of nitrogens with one attached hydrogen (secondary N) is 1. The lowest BCUT2D eigenvalue weighted by atomic mass is 10.0. The summed E-state index contributed by atoms with van der Waals surface area (Å²) in [5, 5.41) is 4.18. The highest BCUT2D eigenvalue weighted by atomic mass is 16.5. The van der Waals surface area contributed by atoms with Gasteiger partial charge >= 0.3 is 5.97 Å². The Labute approximate surface area is 122 Å². The average molecular weight is 287 g/mol. The van der Waals surface area contributed by atoms with Gasteiger partial charge in [-0.3, -0.25) is 14.6 Å². The van der Waals surface area contributed by atoms with E-state index < -0.39 is 0 Å². The number of anilines is 1. The fraction of sp³-hybridized carbons (Fsp3) is 0.267. The third-order valence-corrected chi connectivity index (χ3v) is 3.19. The number of aryl methyl sites for hydroxylation is 1. The molecule has 2 aromatic rings. The molecule has 0 unspecified atom stereocenters. The van der Waals surface area contributed by atoms with Crippen molar-refractivity contribution in [3.63, 3.8) is 0 Å². The van der Waals surface area contributed by atoms with Gasteiger partial charge in [0.15, 0.2) is 0 Å². The third-order valence-electron chi connectivity index (χ3n) is 3.19. The summed E-state index contributed by atoms with van der Waals surface area (Å²) < 4.78 is 4.52. The number of nitrogens with zero attached hydrogens (tertiary/aromatic N) is 1. The summed E-state index contributed by atoms with van der Waals surface area (Å²) in [4.78, 5) is 27.4. The number of aromatic nitrogens is 1. The number of methoxy groups -OCH3 is 1. The van der Waals surface area contributed by atoms with Crippen molar-refractivity contribution in [1.29, 1.82) is 0 Å². The Bertz CT molecular complexity index is 690.